The van der Waals surface area contributed by atoms with Gasteiger partial charge in [0.1, 0.15) is 11.3 Å². The molecule has 0 amide bonds. The Morgan fingerprint density at radius 2 is 1.94 bits per heavy atom. The van der Waals surface area contributed by atoms with Crippen LogP contribution in [0.5, 0.6) is 5.75 Å². The maximum Gasteiger partial charge on any atom is 0.469 e. The van der Waals surface area contributed by atoms with Crippen molar-refractivity contribution >= 4 is 13.8 Å². The van der Waals surface area contributed by atoms with Gasteiger partial charge < -0.3 is 25.3 Å². The fourth-order valence-corrected chi connectivity index (χ4v) is 3.47. The highest BCUT2D eigenvalue weighted by molar-refractivity contribution is 7.46. The highest BCUT2D eigenvalue weighted by Gasteiger charge is 2.44. The maximum absolute atomic E-state index is 13.2. The molecule has 0 aromatic carbocycles. The molecule has 0 saturated carbocycles. The van der Waals surface area contributed by atoms with Crippen molar-refractivity contribution in [2.24, 2.45) is 5.92 Å². The minimum absolute atomic E-state index is 0.0397. The van der Waals surface area contributed by atoms with Crippen LogP contribution in [0.4, 0.5) is 22.0 Å². The Bertz CT molecular complexity index is 1020. The SMILES string of the molecule is Cc1ncc(COP(=O)(O)O)c(CNC2=C(C(=C(F)F)C(F)(F)F)C[C@H](C(=O)O)C2)c1O. The van der Waals surface area contributed by atoms with Gasteiger partial charge in [-0.15, -0.1) is 0 Å². The third-order valence-corrected chi connectivity index (χ3v) is 5.15. The van der Waals surface area contributed by atoms with E-state index in [1.165, 1.54) is 6.92 Å². The number of carboxylic acids is 1. The van der Waals surface area contributed by atoms with Gasteiger partial charge in [0.15, 0.2) is 0 Å². The molecule has 1 aliphatic carbocycles. The molecular formula is C17H18F5N2O7P. The lowest BCUT2D eigenvalue weighted by atomic mass is 10.0. The molecule has 1 aliphatic rings. The number of aliphatic carboxylic acids is 1. The summed E-state index contributed by atoms with van der Waals surface area (Å²) in [5.41, 5.74) is -3.60. The molecule has 1 atom stereocenters. The number of alkyl halides is 3. The number of nitrogens with zero attached hydrogens (tertiary/aromatic N) is 1. The average Bonchev–Trinajstić information content (AvgIpc) is 3.03. The number of phosphoric ester groups is 1. The second-order valence-corrected chi connectivity index (χ2v) is 8.09. The predicted molar refractivity (Wildman–Crippen MR) is 97.0 cm³/mol. The van der Waals surface area contributed by atoms with Crippen LogP contribution in [-0.4, -0.2) is 37.1 Å². The van der Waals surface area contributed by atoms with Gasteiger partial charge in [0.2, 0.25) is 0 Å². The van der Waals surface area contributed by atoms with Crippen molar-refractivity contribution in [2.75, 3.05) is 0 Å². The maximum atomic E-state index is 13.2. The van der Waals surface area contributed by atoms with E-state index >= 15 is 0 Å². The standard InChI is InChI=1S/C17H18F5N2O7P/c1-7-14(25)11(9(4-23-7)6-31-32(28,29)30)5-24-12-3-8(16(26)27)2-10(12)13(15(18)19)17(20,21)22/h4,8,24-25H,2-3,5-6H2,1H3,(H,26,27)(H2,28,29,30)/t8-/m0/s1. The second kappa shape index (κ2) is 9.53. The van der Waals surface area contributed by atoms with Gasteiger partial charge in [-0.25, -0.2) is 4.57 Å². The highest BCUT2D eigenvalue weighted by Crippen LogP contribution is 2.44. The quantitative estimate of drug-likeness (QED) is 0.275. The van der Waals surface area contributed by atoms with Gasteiger partial charge in [0, 0.05) is 36.0 Å². The van der Waals surface area contributed by atoms with E-state index in [0.717, 1.165) is 6.20 Å². The van der Waals surface area contributed by atoms with Crippen LogP contribution >= 0.6 is 7.82 Å². The van der Waals surface area contributed by atoms with Gasteiger partial charge in [-0.3, -0.25) is 14.3 Å². The van der Waals surface area contributed by atoms with Gasteiger partial charge >= 0.3 is 20.0 Å². The number of allylic oxidation sites excluding steroid dienone is 3. The summed E-state index contributed by atoms with van der Waals surface area (Å²) in [6, 6.07) is 0. The normalized spacial score (nSPS) is 16.9. The number of aryl methyl sites for hydroxylation is 1. The molecule has 0 saturated heterocycles. The van der Waals surface area contributed by atoms with Gasteiger partial charge in [-0.05, 0) is 18.9 Å². The van der Waals surface area contributed by atoms with E-state index in [1.54, 1.807) is 0 Å². The fraction of sp³-hybridized carbons (Fsp3) is 0.412. The van der Waals surface area contributed by atoms with Crippen LogP contribution in [0, 0.1) is 12.8 Å². The molecular weight excluding hydrogens is 470 g/mol. The molecule has 0 aliphatic heterocycles. The lowest BCUT2D eigenvalue weighted by molar-refractivity contribution is -0.141. The van der Waals surface area contributed by atoms with Crippen molar-refractivity contribution in [3.05, 3.63) is 45.9 Å². The van der Waals surface area contributed by atoms with Gasteiger partial charge in [-0.1, -0.05) is 0 Å². The Labute approximate surface area is 177 Å². The van der Waals surface area contributed by atoms with E-state index in [9.17, 15) is 36.4 Å². The first kappa shape index (κ1) is 25.7. The van der Waals surface area contributed by atoms with Crippen LogP contribution in [0.2, 0.25) is 0 Å². The number of halogens is 5. The first-order valence-electron chi connectivity index (χ1n) is 8.79. The predicted octanol–water partition coefficient (Wildman–Crippen LogP) is 3.26. The third kappa shape index (κ3) is 6.25. The monoisotopic (exact) mass is 488 g/mol. The number of rotatable bonds is 8. The summed E-state index contributed by atoms with van der Waals surface area (Å²) in [7, 11) is -4.91. The van der Waals surface area contributed by atoms with E-state index in [0.29, 0.717) is 0 Å². The molecule has 15 heteroatoms. The third-order valence-electron chi connectivity index (χ3n) is 4.69. The number of aromatic hydroxyl groups is 1. The van der Waals surface area contributed by atoms with Gasteiger partial charge in [0.05, 0.1) is 18.2 Å². The number of nitrogens with one attached hydrogen (secondary N) is 1. The Balaban J connectivity index is 2.43. The van der Waals surface area contributed by atoms with Crippen molar-refractivity contribution in [3.63, 3.8) is 0 Å². The molecule has 0 bridgehead atoms. The van der Waals surface area contributed by atoms with Gasteiger partial charge in [-0.2, -0.15) is 22.0 Å². The van der Waals surface area contributed by atoms with Crippen LogP contribution in [0.15, 0.2) is 29.1 Å². The van der Waals surface area contributed by atoms with Crippen molar-refractivity contribution in [1.82, 2.24) is 10.3 Å². The van der Waals surface area contributed by atoms with Crippen molar-refractivity contribution < 1.29 is 55.8 Å². The largest absolute Gasteiger partial charge is 0.506 e. The summed E-state index contributed by atoms with van der Waals surface area (Å²) in [5.74, 6) is -3.32. The molecule has 1 aromatic heterocycles. The summed E-state index contributed by atoms with van der Waals surface area (Å²) >= 11 is 0. The number of carbonyl (C=O) groups is 1. The Kier molecular flexibility index (Phi) is 7.66. The average molecular weight is 488 g/mol. The van der Waals surface area contributed by atoms with Crippen LogP contribution in [0.1, 0.15) is 29.7 Å². The first-order chi connectivity index (χ1) is 14.6. The number of hydrogen-bond acceptors (Lipinski definition) is 6. The van der Waals surface area contributed by atoms with E-state index in [-0.39, 0.29) is 16.8 Å². The van der Waals surface area contributed by atoms with E-state index < -0.39 is 80.6 Å². The zero-order valence-electron chi connectivity index (χ0n) is 16.3. The molecule has 32 heavy (non-hydrogen) atoms. The van der Waals surface area contributed by atoms with Crippen molar-refractivity contribution in [3.8, 4) is 5.75 Å². The molecule has 9 nitrogen and oxygen atoms in total. The lowest BCUT2D eigenvalue weighted by Gasteiger charge is -2.18. The number of phosphoric acid groups is 1. The van der Waals surface area contributed by atoms with Crippen molar-refractivity contribution in [2.45, 2.75) is 39.1 Å². The summed E-state index contributed by atoms with van der Waals surface area (Å²) in [6.07, 6.45) is -8.65. The highest BCUT2D eigenvalue weighted by atomic mass is 31.2. The van der Waals surface area contributed by atoms with Crippen LogP contribution < -0.4 is 5.32 Å². The summed E-state index contributed by atoms with van der Waals surface area (Å²) in [5, 5.41) is 21.9. The number of aromatic nitrogens is 1. The second-order valence-electron chi connectivity index (χ2n) is 6.85. The van der Waals surface area contributed by atoms with Crippen molar-refractivity contribution in [1.29, 1.82) is 0 Å². The first-order valence-corrected chi connectivity index (χ1v) is 10.3. The number of pyridine rings is 1. The molecule has 1 heterocycles. The van der Waals surface area contributed by atoms with E-state index in [1.807, 2.05) is 0 Å². The molecule has 0 unspecified atom stereocenters. The minimum atomic E-state index is -5.44. The summed E-state index contributed by atoms with van der Waals surface area (Å²) < 4.78 is 81.1. The van der Waals surface area contributed by atoms with E-state index in [2.05, 4.69) is 14.8 Å². The number of hydrogen-bond donors (Lipinski definition) is 5. The molecule has 2 rings (SSSR count). The van der Waals surface area contributed by atoms with Gasteiger partial charge in [0.25, 0.3) is 6.08 Å². The summed E-state index contributed by atoms with van der Waals surface area (Å²) in [4.78, 5) is 32.8. The van der Waals surface area contributed by atoms with Crippen LogP contribution in [-0.2, 0) is 27.0 Å². The smallest absolute Gasteiger partial charge is 0.469 e. The fourth-order valence-electron chi connectivity index (χ4n) is 3.16. The van der Waals surface area contributed by atoms with E-state index in [4.69, 9.17) is 14.9 Å². The number of carboxylic acid groups (broad SMARTS) is 1. The zero-order chi connectivity index (χ0) is 24.4. The Morgan fingerprint density at radius 3 is 2.44 bits per heavy atom. The molecule has 178 valence electrons. The molecule has 1 aromatic rings. The molecule has 0 radical (unpaired) electrons. The van der Waals surface area contributed by atoms with Crippen LogP contribution in [0.3, 0.4) is 0 Å². The minimum Gasteiger partial charge on any atom is -0.506 e. The molecule has 0 fully saturated rings. The zero-order valence-corrected chi connectivity index (χ0v) is 17.2. The van der Waals surface area contributed by atoms with Crippen LogP contribution in [0.25, 0.3) is 0 Å². The Morgan fingerprint density at radius 1 is 1.31 bits per heavy atom. The summed E-state index contributed by atoms with van der Waals surface area (Å²) in [6.45, 7) is 0.161. The topological polar surface area (TPSA) is 149 Å². The molecule has 0 spiro atoms. The lowest BCUT2D eigenvalue weighted by Crippen LogP contribution is -2.20. The molecule has 5 N–H and O–H groups in total. The Hall–Kier alpha value is -2.54.